The largest absolute Gasteiger partial charge is 0.382 e. The summed E-state index contributed by atoms with van der Waals surface area (Å²) in [5.41, 5.74) is 1.95. The highest BCUT2D eigenvalue weighted by atomic mass is 32.2. The van der Waals surface area contributed by atoms with E-state index < -0.39 is 22.5 Å². The van der Waals surface area contributed by atoms with Crippen LogP contribution in [0.5, 0.6) is 0 Å². The molecule has 35 heavy (non-hydrogen) atoms. The Labute approximate surface area is 209 Å². The Bertz CT molecular complexity index is 1130. The number of hydroxylamine groups is 2. The molecule has 2 unspecified atom stereocenters. The molecular weight excluding hydrogens is 470 g/mol. The third-order valence-electron chi connectivity index (χ3n) is 6.36. The molecule has 6 nitrogen and oxygen atoms in total. The van der Waals surface area contributed by atoms with Crippen molar-refractivity contribution in [1.82, 2.24) is 15.4 Å². The van der Waals surface area contributed by atoms with Crippen LogP contribution >= 0.6 is 11.8 Å². The summed E-state index contributed by atoms with van der Waals surface area (Å²) in [7, 11) is 2.89. The van der Waals surface area contributed by atoms with Crippen molar-refractivity contribution in [2.75, 3.05) is 14.2 Å². The molecule has 0 aromatic heterocycles. The second-order valence-electron chi connectivity index (χ2n) is 8.55. The SMILES string of the molecule is CCC(NC1=CCCCC1)C1(c2ccccc2)SC(c2cc(F)ccc2F)=NN1C(=O)N(C)OC. The van der Waals surface area contributed by atoms with E-state index >= 15 is 0 Å². The van der Waals surface area contributed by atoms with E-state index in [4.69, 9.17) is 4.84 Å². The Morgan fingerprint density at radius 1 is 1.26 bits per heavy atom. The molecule has 4 rings (SSSR count). The fourth-order valence-corrected chi connectivity index (χ4v) is 6.00. The van der Waals surface area contributed by atoms with Gasteiger partial charge >= 0.3 is 6.03 Å². The molecule has 1 aliphatic carbocycles. The van der Waals surface area contributed by atoms with E-state index in [0.29, 0.717) is 6.42 Å². The van der Waals surface area contributed by atoms with Crippen LogP contribution < -0.4 is 5.32 Å². The fraction of sp³-hybridized carbons (Fsp3) is 0.385. The molecule has 0 radical (unpaired) electrons. The van der Waals surface area contributed by atoms with E-state index in [1.54, 1.807) is 0 Å². The zero-order chi connectivity index (χ0) is 25.0. The van der Waals surface area contributed by atoms with E-state index in [-0.39, 0.29) is 16.6 Å². The number of amides is 2. The molecule has 0 saturated heterocycles. The third kappa shape index (κ3) is 4.92. The van der Waals surface area contributed by atoms with Crippen LogP contribution in [0.1, 0.15) is 50.2 Å². The highest BCUT2D eigenvalue weighted by Gasteiger charge is 2.55. The van der Waals surface area contributed by atoms with Crippen molar-refractivity contribution in [3.05, 3.63) is 83.1 Å². The number of thioether (sulfide) groups is 1. The molecule has 1 N–H and O–H groups in total. The molecule has 2 aliphatic rings. The molecule has 1 aliphatic heterocycles. The number of hydrogen-bond acceptors (Lipinski definition) is 5. The van der Waals surface area contributed by atoms with Crippen LogP contribution in [0.2, 0.25) is 0 Å². The van der Waals surface area contributed by atoms with E-state index in [1.807, 2.05) is 37.3 Å². The van der Waals surface area contributed by atoms with Gasteiger partial charge < -0.3 is 5.32 Å². The molecule has 2 aromatic rings. The lowest BCUT2D eigenvalue weighted by molar-refractivity contribution is -0.0815. The van der Waals surface area contributed by atoms with Gasteiger partial charge in [0.05, 0.1) is 13.2 Å². The number of carbonyl (C=O) groups excluding carboxylic acids is 1. The highest BCUT2D eigenvalue weighted by Crippen LogP contribution is 2.51. The standard InChI is InChI=1S/C26H30F2N4O2S/c1-4-23(29-20-13-9-6-10-14-20)26(18-11-7-5-8-12-18)32(25(33)31(2)34-3)30-24(35-26)21-17-19(27)15-16-22(21)28/h5,7-8,11-13,15-17,23,29H,4,6,9-10,14H2,1-3H3. The number of benzene rings is 2. The first-order chi connectivity index (χ1) is 16.9. The summed E-state index contributed by atoms with van der Waals surface area (Å²) < 4.78 is 29.0. The second kappa shape index (κ2) is 10.8. The van der Waals surface area contributed by atoms with Gasteiger partial charge in [0, 0.05) is 18.3 Å². The smallest absolute Gasteiger partial charge is 0.365 e. The summed E-state index contributed by atoms with van der Waals surface area (Å²) in [6, 6.07) is 12.0. The van der Waals surface area contributed by atoms with Crippen LogP contribution in [-0.4, -0.2) is 41.3 Å². The molecule has 0 saturated carbocycles. The zero-order valence-corrected chi connectivity index (χ0v) is 20.9. The van der Waals surface area contributed by atoms with Crippen molar-refractivity contribution in [3.63, 3.8) is 0 Å². The molecule has 2 aromatic carbocycles. The Morgan fingerprint density at radius 2 is 2.03 bits per heavy atom. The van der Waals surface area contributed by atoms with Crippen LogP contribution in [-0.2, 0) is 9.71 Å². The van der Waals surface area contributed by atoms with E-state index in [2.05, 4.69) is 16.5 Å². The second-order valence-corrected chi connectivity index (χ2v) is 9.76. The van der Waals surface area contributed by atoms with Crippen molar-refractivity contribution in [2.45, 2.75) is 49.9 Å². The van der Waals surface area contributed by atoms with E-state index in [1.165, 1.54) is 30.9 Å². The number of rotatable bonds is 7. The lowest BCUT2D eigenvalue weighted by atomic mass is 9.94. The summed E-state index contributed by atoms with van der Waals surface area (Å²) >= 11 is 1.25. The van der Waals surface area contributed by atoms with Crippen LogP contribution in [0.25, 0.3) is 0 Å². The number of halogens is 2. The lowest BCUT2D eigenvalue weighted by Crippen LogP contribution is -2.57. The van der Waals surface area contributed by atoms with Gasteiger partial charge in [0.1, 0.15) is 16.7 Å². The normalized spacial score (nSPS) is 20.8. The molecule has 9 heteroatoms. The topological polar surface area (TPSA) is 57.2 Å². The van der Waals surface area contributed by atoms with E-state index in [0.717, 1.165) is 60.2 Å². The number of carbonyl (C=O) groups is 1. The number of hydrazone groups is 1. The average molecular weight is 501 g/mol. The quantitative estimate of drug-likeness (QED) is 0.476. The first kappa shape index (κ1) is 25.2. The van der Waals surface area contributed by atoms with Gasteiger partial charge in [-0.3, -0.25) is 4.84 Å². The number of urea groups is 1. The molecule has 1 heterocycles. The van der Waals surface area contributed by atoms with Crippen LogP contribution in [0.15, 0.2) is 65.4 Å². The average Bonchev–Trinajstić information content (AvgIpc) is 3.30. The molecule has 0 bridgehead atoms. The highest BCUT2D eigenvalue weighted by molar-refractivity contribution is 8.15. The van der Waals surface area contributed by atoms with Crippen molar-refractivity contribution >= 4 is 22.8 Å². The van der Waals surface area contributed by atoms with Crippen LogP contribution in [0, 0.1) is 11.6 Å². The van der Waals surface area contributed by atoms with Crippen molar-refractivity contribution < 1.29 is 18.4 Å². The molecular formula is C26H30F2N4O2S. The maximum Gasteiger partial charge on any atom is 0.365 e. The maximum atomic E-state index is 14.9. The van der Waals surface area contributed by atoms with E-state index in [9.17, 15) is 13.6 Å². The predicted octanol–water partition coefficient (Wildman–Crippen LogP) is 5.97. The number of hydrogen-bond donors (Lipinski definition) is 1. The van der Waals surface area contributed by atoms with Gasteiger partial charge in [0.25, 0.3) is 0 Å². The van der Waals surface area contributed by atoms with Crippen LogP contribution in [0.4, 0.5) is 13.6 Å². The van der Waals surface area contributed by atoms with Crippen LogP contribution in [0.3, 0.4) is 0 Å². The lowest BCUT2D eigenvalue weighted by Gasteiger charge is -2.43. The van der Waals surface area contributed by atoms with Gasteiger partial charge in [-0.2, -0.15) is 10.1 Å². The summed E-state index contributed by atoms with van der Waals surface area (Å²) in [4.78, 5) is 17.7. The molecule has 0 fully saturated rings. The molecule has 2 atom stereocenters. The first-order valence-electron chi connectivity index (χ1n) is 11.8. The van der Waals surface area contributed by atoms with Gasteiger partial charge in [-0.25, -0.2) is 18.6 Å². The minimum absolute atomic E-state index is 0.0115. The van der Waals surface area contributed by atoms with Gasteiger partial charge in [-0.15, -0.1) is 0 Å². The zero-order valence-electron chi connectivity index (χ0n) is 20.1. The fourth-order valence-electron chi connectivity index (χ4n) is 4.49. The van der Waals surface area contributed by atoms with Gasteiger partial charge in [0.2, 0.25) is 0 Å². The van der Waals surface area contributed by atoms with Gasteiger partial charge in [-0.1, -0.05) is 55.1 Å². The number of nitrogens with zero attached hydrogens (tertiary/aromatic N) is 3. The third-order valence-corrected chi connectivity index (χ3v) is 7.86. The van der Waals surface area contributed by atoms with Crippen molar-refractivity contribution in [1.29, 1.82) is 0 Å². The predicted molar refractivity (Wildman–Crippen MR) is 134 cm³/mol. The minimum Gasteiger partial charge on any atom is -0.382 e. The molecule has 0 spiro atoms. The summed E-state index contributed by atoms with van der Waals surface area (Å²) in [6.45, 7) is 2.04. The molecule has 2 amide bonds. The first-order valence-corrected chi connectivity index (χ1v) is 12.6. The van der Waals surface area contributed by atoms with Gasteiger partial charge in [-0.05, 0) is 55.9 Å². The number of nitrogens with one attached hydrogen (secondary N) is 1. The molecule has 186 valence electrons. The number of allylic oxidation sites excluding steroid dienone is 2. The van der Waals surface area contributed by atoms with Crippen molar-refractivity contribution in [2.24, 2.45) is 5.10 Å². The van der Waals surface area contributed by atoms with Crippen molar-refractivity contribution in [3.8, 4) is 0 Å². The Hall–Kier alpha value is -2.91. The Kier molecular flexibility index (Phi) is 7.76. The maximum absolute atomic E-state index is 14.9. The summed E-state index contributed by atoms with van der Waals surface area (Å²) in [5.74, 6) is -1.18. The Balaban J connectivity index is 1.89. The van der Waals surface area contributed by atoms with Gasteiger partial charge in [0.15, 0.2) is 4.87 Å². The Morgan fingerprint density at radius 3 is 2.69 bits per heavy atom. The summed E-state index contributed by atoms with van der Waals surface area (Å²) in [5, 5.41) is 10.9. The minimum atomic E-state index is -1.08. The monoisotopic (exact) mass is 500 g/mol. The summed E-state index contributed by atoms with van der Waals surface area (Å²) in [6.07, 6.45) is 7.00.